The second kappa shape index (κ2) is 7.36. The Labute approximate surface area is 120 Å². The molecular formula is C14H21ClN2O2. The number of nitrogens with one attached hydrogen (secondary N) is 1. The first-order valence-corrected chi connectivity index (χ1v) is 6.39. The highest BCUT2D eigenvalue weighted by atomic mass is 35.5. The van der Waals surface area contributed by atoms with Crippen molar-refractivity contribution in [3.05, 3.63) is 23.8 Å². The molecule has 5 heteroatoms. The molecule has 0 aliphatic carbocycles. The lowest BCUT2D eigenvalue weighted by Crippen LogP contribution is -2.14. The number of carbonyl (C=O) groups excluding carboxylic acids is 1. The molecule has 3 N–H and O–H groups in total. The molecule has 1 atom stereocenters. The van der Waals surface area contributed by atoms with Crippen molar-refractivity contribution >= 4 is 29.7 Å². The number of hydrogen-bond acceptors (Lipinski definition) is 3. The van der Waals surface area contributed by atoms with E-state index in [-0.39, 0.29) is 18.3 Å². The van der Waals surface area contributed by atoms with Gasteiger partial charge in [-0.2, -0.15) is 0 Å². The predicted octanol–water partition coefficient (Wildman–Crippen LogP) is 2.75. The Balaban J connectivity index is 0.00000180. The van der Waals surface area contributed by atoms with E-state index in [0.717, 1.165) is 37.3 Å². The first-order chi connectivity index (χ1) is 8.65. The second-order valence-electron chi connectivity index (χ2n) is 4.89. The number of benzene rings is 1. The summed E-state index contributed by atoms with van der Waals surface area (Å²) in [5, 5.41) is 2.92. The van der Waals surface area contributed by atoms with E-state index in [1.165, 1.54) is 0 Å². The Bertz CT molecular complexity index is 431. The minimum atomic E-state index is 0. The van der Waals surface area contributed by atoms with Gasteiger partial charge in [-0.25, -0.2) is 0 Å². The summed E-state index contributed by atoms with van der Waals surface area (Å²) in [7, 11) is 0. The van der Waals surface area contributed by atoms with Crippen molar-refractivity contribution in [3.63, 3.8) is 0 Å². The molecular weight excluding hydrogens is 264 g/mol. The summed E-state index contributed by atoms with van der Waals surface area (Å²) in [4.78, 5) is 11.8. The van der Waals surface area contributed by atoms with Crippen molar-refractivity contribution in [2.45, 2.75) is 26.2 Å². The third-order valence-corrected chi connectivity index (χ3v) is 3.34. The maximum atomic E-state index is 11.8. The average molecular weight is 285 g/mol. The molecule has 2 rings (SSSR count). The van der Waals surface area contributed by atoms with Crippen LogP contribution < -0.4 is 11.1 Å². The monoisotopic (exact) mass is 284 g/mol. The van der Waals surface area contributed by atoms with Crippen molar-refractivity contribution in [2.75, 3.05) is 24.3 Å². The Morgan fingerprint density at radius 1 is 1.53 bits per heavy atom. The van der Waals surface area contributed by atoms with Gasteiger partial charge < -0.3 is 15.8 Å². The summed E-state index contributed by atoms with van der Waals surface area (Å²) in [6.45, 7) is 3.59. The van der Waals surface area contributed by atoms with E-state index < -0.39 is 0 Å². The van der Waals surface area contributed by atoms with Crippen LogP contribution in [-0.2, 0) is 9.53 Å². The maximum Gasteiger partial charge on any atom is 0.224 e. The molecule has 1 aliphatic rings. The molecule has 106 valence electrons. The molecule has 1 saturated heterocycles. The van der Waals surface area contributed by atoms with Crippen LogP contribution in [0.4, 0.5) is 11.4 Å². The number of anilines is 2. The van der Waals surface area contributed by atoms with Gasteiger partial charge in [0.05, 0.1) is 0 Å². The molecule has 0 spiro atoms. The standard InChI is InChI=1S/C14H20N2O2.ClH/c1-10-2-4-12(15)8-13(10)16-14(17)5-3-11-6-7-18-9-11;/h2,4,8,11H,3,5-7,9,15H2,1H3,(H,16,17);1H. The lowest BCUT2D eigenvalue weighted by Gasteiger charge is -2.10. The molecule has 0 radical (unpaired) electrons. The SMILES string of the molecule is Cc1ccc(N)cc1NC(=O)CCC1CCOC1.Cl. The number of nitrogens with two attached hydrogens (primary N) is 1. The summed E-state index contributed by atoms with van der Waals surface area (Å²) >= 11 is 0. The third kappa shape index (κ3) is 4.73. The topological polar surface area (TPSA) is 64.3 Å². The van der Waals surface area contributed by atoms with Gasteiger partial charge in [0, 0.05) is 31.0 Å². The van der Waals surface area contributed by atoms with E-state index in [1.54, 1.807) is 6.07 Å². The number of carbonyl (C=O) groups is 1. The van der Waals surface area contributed by atoms with E-state index in [4.69, 9.17) is 10.5 Å². The van der Waals surface area contributed by atoms with Gasteiger partial charge in [0.2, 0.25) is 5.91 Å². The van der Waals surface area contributed by atoms with Gasteiger partial charge in [0.15, 0.2) is 0 Å². The summed E-state index contributed by atoms with van der Waals surface area (Å²) in [5.41, 5.74) is 8.21. The summed E-state index contributed by atoms with van der Waals surface area (Å²) in [5.74, 6) is 0.591. The van der Waals surface area contributed by atoms with Crippen molar-refractivity contribution in [2.24, 2.45) is 5.92 Å². The third-order valence-electron chi connectivity index (χ3n) is 3.34. The van der Waals surface area contributed by atoms with Crippen LogP contribution in [0.15, 0.2) is 18.2 Å². The number of nitrogen functional groups attached to an aromatic ring is 1. The van der Waals surface area contributed by atoms with Crippen LogP contribution >= 0.6 is 12.4 Å². The molecule has 19 heavy (non-hydrogen) atoms. The number of rotatable bonds is 4. The van der Waals surface area contributed by atoms with E-state index in [1.807, 2.05) is 19.1 Å². The highest BCUT2D eigenvalue weighted by Gasteiger charge is 2.16. The van der Waals surface area contributed by atoms with Crippen LogP contribution in [0.2, 0.25) is 0 Å². The van der Waals surface area contributed by atoms with Crippen LogP contribution in [0.25, 0.3) is 0 Å². The van der Waals surface area contributed by atoms with E-state index >= 15 is 0 Å². The van der Waals surface area contributed by atoms with Gasteiger partial charge in [-0.3, -0.25) is 4.79 Å². The minimum Gasteiger partial charge on any atom is -0.399 e. The minimum absolute atomic E-state index is 0. The maximum absolute atomic E-state index is 11.8. The van der Waals surface area contributed by atoms with Crippen LogP contribution in [0.5, 0.6) is 0 Å². The second-order valence-corrected chi connectivity index (χ2v) is 4.89. The van der Waals surface area contributed by atoms with Gasteiger partial charge in [-0.05, 0) is 43.4 Å². The molecule has 0 aromatic heterocycles. The fourth-order valence-corrected chi connectivity index (χ4v) is 2.13. The van der Waals surface area contributed by atoms with E-state index in [2.05, 4.69) is 5.32 Å². The lowest BCUT2D eigenvalue weighted by molar-refractivity contribution is -0.116. The van der Waals surface area contributed by atoms with Gasteiger partial charge in [-0.1, -0.05) is 6.07 Å². The van der Waals surface area contributed by atoms with Crippen LogP contribution in [0, 0.1) is 12.8 Å². The first-order valence-electron chi connectivity index (χ1n) is 6.39. The smallest absolute Gasteiger partial charge is 0.224 e. The van der Waals surface area contributed by atoms with Gasteiger partial charge >= 0.3 is 0 Å². The van der Waals surface area contributed by atoms with Crippen molar-refractivity contribution in [3.8, 4) is 0 Å². The number of aryl methyl sites for hydroxylation is 1. The zero-order chi connectivity index (χ0) is 13.0. The Morgan fingerprint density at radius 2 is 2.32 bits per heavy atom. The molecule has 0 bridgehead atoms. The largest absolute Gasteiger partial charge is 0.399 e. The van der Waals surface area contributed by atoms with Gasteiger partial charge in [-0.15, -0.1) is 12.4 Å². The van der Waals surface area contributed by atoms with E-state index in [9.17, 15) is 4.79 Å². The zero-order valence-corrected chi connectivity index (χ0v) is 12.0. The molecule has 1 aromatic rings. The highest BCUT2D eigenvalue weighted by molar-refractivity contribution is 5.92. The van der Waals surface area contributed by atoms with Gasteiger partial charge in [0.1, 0.15) is 0 Å². The van der Waals surface area contributed by atoms with Crippen molar-refractivity contribution < 1.29 is 9.53 Å². The number of hydrogen-bond donors (Lipinski definition) is 2. The molecule has 4 nitrogen and oxygen atoms in total. The quantitative estimate of drug-likeness (QED) is 0.836. The van der Waals surface area contributed by atoms with Gasteiger partial charge in [0.25, 0.3) is 0 Å². The first kappa shape index (κ1) is 15.8. The fourth-order valence-electron chi connectivity index (χ4n) is 2.13. The number of ether oxygens (including phenoxy) is 1. The zero-order valence-electron chi connectivity index (χ0n) is 11.1. The molecule has 1 unspecified atom stereocenters. The van der Waals surface area contributed by atoms with E-state index in [0.29, 0.717) is 18.0 Å². The number of halogens is 1. The summed E-state index contributed by atoms with van der Waals surface area (Å²) in [6, 6.07) is 5.54. The predicted molar refractivity (Wildman–Crippen MR) is 79.6 cm³/mol. The highest BCUT2D eigenvalue weighted by Crippen LogP contribution is 2.20. The Morgan fingerprint density at radius 3 is 3.00 bits per heavy atom. The summed E-state index contributed by atoms with van der Waals surface area (Å²) < 4.78 is 5.29. The van der Waals surface area contributed by atoms with Crippen molar-refractivity contribution in [1.82, 2.24) is 0 Å². The lowest BCUT2D eigenvalue weighted by atomic mass is 10.0. The van der Waals surface area contributed by atoms with Crippen molar-refractivity contribution in [1.29, 1.82) is 0 Å². The molecule has 1 aromatic carbocycles. The Hall–Kier alpha value is -1.26. The van der Waals surface area contributed by atoms with Crippen LogP contribution in [0.3, 0.4) is 0 Å². The number of amides is 1. The molecule has 1 heterocycles. The Kier molecular flexibility index (Phi) is 6.12. The molecule has 1 aliphatic heterocycles. The molecule has 1 amide bonds. The van der Waals surface area contributed by atoms with Crippen LogP contribution in [0.1, 0.15) is 24.8 Å². The normalized spacial score (nSPS) is 17.8. The summed E-state index contributed by atoms with van der Waals surface area (Å²) in [6.07, 6.45) is 2.51. The van der Waals surface area contributed by atoms with Crippen LogP contribution in [-0.4, -0.2) is 19.1 Å². The molecule has 1 fully saturated rings. The molecule has 0 saturated carbocycles. The fraction of sp³-hybridized carbons (Fsp3) is 0.500. The average Bonchev–Trinajstić information content (AvgIpc) is 2.84.